The number of hydrogen-bond acceptors (Lipinski definition) is 2. The van der Waals surface area contributed by atoms with Crippen molar-refractivity contribution in [2.45, 2.75) is 37.8 Å². The van der Waals surface area contributed by atoms with Crippen LogP contribution in [0.1, 0.15) is 25.7 Å². The van der Waals surface area contributed by atoms with Crippen molar-refractivity contribution in [2.24, 2.45) is 0 Å². The summed E-state index contributed by atoms with van der Waals surface area (Å²) < 4.78 is 1.02. The molecule has 4 heteroatoms. The van der Waals surface area contributed by atoms with E-state index in [-0.39, 0.29) is 6.10 Å². The van der Waals surface area contributed by atoms with E-state index in [1.165, 1.54) is 0 Å². The van der Waals surface area contributed by atoms with E-state index in [0.717, 1.165) is 40.9 Å². The zero-order chi connectivity index (χ0) is 11.5. The molecule has 0 radical (unpaired) electrons. The van der Waals surface area contributed by atoms with E-state index < -0.39 is 0 Å². The summed E-state index contributed by atoms with van der Waals surface area (Å²) in [6.07, 6.45) is 3.65. The largest absolute Gasteiger partial charge is 0.393 e. The monoisotopic (exact) mass is 303 g/mol. The highest BCUT2D eigenvalue weighted by Gasteiger charge is 2.19. The molecule has 1 aromatic carbocycles. The quantitative estimate of drug-likeness (QED) is 0.870. The number of benzene rings is 1. The van der Waals surface area contributed by atoms with Gasteiger partial charge in [-0.1, -0.05) is 27.5 Å². The number of anilines is 1. The molecule has 0 atom stereocenters. The molecule has 1 fully saturated rings. The molecule has 16 heavy (non-hydrogen) atoms. The van der Waals surface area contributed by atoms with Gasteiger partial charge in [0.15, 0.2) is 0 Å². The SMILES string of the molecule is OC1CCC(Nc2cc(Br)ccc2Cl)CC1. The maximum atomic E-state index is 9.43. The van der Waals surface area contributed by atoms with E-state index in [4.69, 9.17) is 11.6 Å². The van der Waals surface area contributed by atoms with E-state index in [1.807, 2.05) is 18.2 Å². The number of nitrogens with one attached hydrogen (secondary N) is 1. The molecule has 0 aromatic heterocycles. The third-order valence-electron chi connectivity index (χ3n) is 2.98. The van der Waals surface area contributed by atoms with Gasteiger partial charge in [-0.05, 0) is 43.9 Å². The van der Waals surface area contributed by atoms with Gasteiger partial charge >= 0.3 is 0 Å². The Labute approximate surface area is 109 Å². The standard InChI is InChI=1S/C12H15BrClNO/c13-8-1-6-11(14)12(7-8)15-9-2-4-10(16)5-3-9/h1,6-7,9-10,15-16H,2-5H2. The molecule has 0 spiro atoms. The van der Waals surface area contributed by atoms with Crippen molar-refractivity contribution in [3.63, 3.8) is 0 Å². The second kappa shape index (κ2) is 5.39. The summed E-state index contributed by atoms with van der Waals surface area (Å²) in [5.74, 6) is 0. The second-order valence-corrected chi connectivity index (χ2v) is 5.60. The van der Waals surface area contributed by atoms with Gasteiger partial charge in [-0.25, -0.2) is 0 Å². The summed E-state index contributed by atoms with van der Waals surface area (Å²) in [5, 5.41) is 13.6. The summed E-state index contributed by atoms with van der Waals surface area (Å²) >= 11 is 9.54. The lowest BCUT2D eigenvalue weighted by Crippen LogP contribution is -2.28. The molecule has 1 saturated carbocycles. The lowest BCUT2D eigenvalue weighted by atomic mass is 9.93. The van der Waals surface area contributed by atoms with Gasteiger partial charge in [0.2, 0.25) is 0 Å². The summed E-state index contributed by atoms with van der Waals surface area (Å²) in [6.45, 7) is 0. The van der Waals surface area contributed by atoms with Crippen LogP contribution in [0.3, 0.4) is 0 Å². The molecule has 2 nitrogen and oxygen atoms in total. The molecule has 0 aliphatic heterocycles. The third kappa shape index (κ3) is 3.12. The molecule has 1 aliphatic carbocycles. The Hall–Kier alpha value is -0.250. The average molecular weight is 305 g/mol. The summed E-state index contributed by atoms with van der Waals surface area (Å²) in [5.41, 5.74) is 0.970. The first-order chi connectivity index (χ1) is 7.65. The first-order valence-corrected chi connectivity index (χ1v) is 6.72. The van der Waals surface area contributed by atoms with Crippen LogP contribution in [0.4, 0.5) is 5.69 Å². The van der Waals surface area contributed by atoms with Gasteiger partial charge in [-0.15, -0.1) is 0 Å². The summed E-state index contributed by atoms with van der Waals surface area (Å²) in [7, 11) is 0. The highest BCUT2D eigenvalue weighted by Crippen LogP contribution is 2.29. The van der Waals surface area contributed by atoms with Crippen molar-refractivity contribution in [1.82, 2.24) is 0 Å². The fourth-order valence-corrected chi connectivity index (χ4v) is 2.58. The van der Waals surface area contributed by atoms with Crippen LogP contribution in [-0.4, -0.2) is 17.3 Å². The molecule has 2 rings (SSSR count). The number of halogens is 2. The van der Waals surface area contributed by atoms with E-state index >= 15 is 0 Å². The Bertz CT molecular complexity index is 364. The zero-order valence-corrected chi connectivity index (χ0v) is 11.3. The van der Waals surface area contributed by atoms with Gasteiger partial charge in [-0.2, -0.15) is 0 Å². The number of aliphatic hydroxyl groups excluding tert-OH is 1. The van der Waals surface area contributed by atoms with Gasteiger partial charge in [0.1, 0.15) is 0 Å². The van der Waals surface area contributed by atoms with Crippen molar-refractivity contribution in [3.05, 3.63) is 27.7 Å². The maximum Gasteiger partial charge on any atom is 0.0638 e. The minimum absolute atomic E-state index is 0.115. The molecule has 0 saturated heterocycles. The van der Waals surface area contributed by atoms with Crippen molar-refractivity contribution in [1.29, 1.82) is 0 Å². The molecule has 0 bridgehead atoms. The molecule has 2 N–H and O–H groups in total. The van der Waals surface area contributed by atoms with Crippen LogP contribution in [0, 0.1) is 0 Å². The number of hydrogen-bond donors (Lipinski definition) is 2. The molecule has 0 amide bonds. The molecule has 1 aromatic rings. The van der Waals surface area contributed by atoms with Crippen LogP contribution in [0.2, 0.25) is 5.02 Å². The highest BCUT2D eigenvalue weighted by molar-refractivity contribution is 9.10. The van der Waals surface area contributed by atoms with Crippen molar-refractivity contribution in [3.8, 4) is 0 Å². The zero-order valence-electron chi connectivity index (χ0n) is 8.92. The van der Waals surface area contributed by atoms with Gasteiger partial charge in [-0.3, -0.25) is 0 Å². The summed E-state index contributed by atoms with van der Waals surface area (Å²) in [4.78, 5) is 0. The topological polar surface area (TPSA) is 32.3 Å². The Morgan fingerprint density at radius 2 is 1.94 bits per heavy atom. The van der Waals surface area contributed by atoms with Crippen LogP contribution < -0.4 is 5.32 Å². The van der Waals surface area contributed by atoms with E-state index in [0.29, 0.717) is 6.04 Å². The van der Waals surface area contributed by atoms with E-state index in [2.05, 4.69) is 21.2 Å². The predicted octanol–water partition coefficient (Wildman–Crippen LogP) is 3.82. The molecular formula is C12H15BrClNO. The van der Waals surface area contributed by atoms with Crippen molar-refractivity contribution < 1.29 is 5.11 Å². The fourth-order valence-electron chi connectivity index (χ4n) is 2.05. The highest BCUT2D eigenvalue weighted by atomic mass is 79.9. The predicted molar refractivity (Wildman–Crippen MR) is 71.0 cm³/mol. The first kappa shape index (κ1) is 12.2. The average Bonchev–Trinajstić information content (AvgIpc) is 2.27. The Balaban J connectivity index is 2.00. The number of rotatable bonds is 2. The van der Waals surface area contributed by atoms with Crippen molar-refractivity contribution >= 4 is 33.2 Å². The van der Waals surface area contributed by atoms with Gasteiger partial charge < -0.3 is 10.4 Å². The third-order valence-corrected chi connectivity index (χ3v) is 3.81. The van der Waals surface area contributed by atoms with E-state index in [1.54, 1.807) is 0 Å². The first-order valence-electron chi connectivity index (χ1n) is 5.55. The Morgan fingerprint density at radius 1 is 1.25 bits per heavy atom. The Kier molecular flexibility index (Phi) is 4.11. The van der Waals surface area contributed by atoms with Crippen LogP contribution in [0.25, 0.3) is 0 Å². The van der Waals surface area contributed by atoms with Crippen LogP contribution in [0.15, 0.2) is 22.7 Å². The van der Waals surface area contributed by atoms with Gasteiger partial charge in [0, 0.05) is 10.5 Å². The van der Waals surface area contributed by atoms with Crippen LogP contribution in [0.5, 0.6) is 0 Å². The molecule has 0 unspecified atom stereocenters. The van der Waals surface area contributed by atoms with Crippen LogP contribution in [-0.2, 0) is 0 Å². The minimum atomic E-state index is -0.115. The molecule has 0 heterocycles. The lowest BCUT2D eigenvalue weighted by molar-refractivity contribution is 0.126. The summed E-state index contributed by atoms with van der Waals surface area (Å²) in [6, 6.07) is 6.23. The van der Waals surface area contributed by atoms with Gasteiger partial charge in [0.05, 0.1) is 16.8 Å². The van der Waals surface area contributed by atoms with Crippen LogP contribution >= 0.6 is 27.5 Å². The van der Waals surface area contributed by atoms with E-state index in [9.17, 15) is 5.11 Å². The molecular weight excluding hydrogens is 289 g/mol. The van der Waals surface area contributed by atoms with Crippen molar-refractivity contribution in [2.75, 3.05) is 5.32 Å². The number of aliphatic hydroxyl groups is 1. The Morgan fingerprint density at radius 3 is 2.62 bits per heavy atom. The fraction of sp³-hybridized carbons (Fsp3) is 0.500. The maximum absolute atomic E-state index is 9.43. The normalized spacial score (nSPS) is 25.4. The second-order valence-electron chi connectivity index (χ2n) is 4.27. The molecule has 88 valence electrons. The molecule has 1 aliphatic rings. The smallest absolute Gasteiger partial charge is 0.0638 e. The lowest BCUT2D eigenvalue weighted by Gasteiger charge is -2.27. The van der Waals surface area contributed by atoms with Gasteiger partial charge in [0.25, 0.3) is 0 Å². The minimum Gasteiger partial charge on any atom is -0.393 e.